The summed E-state index contributed by atoms with van der Waals surface area (Å²) < 4.78 is 56.1. The minimum Gasteiger partial charge on any atom is -0.398 e. The molecule has 0 bridgehead atoms. The number of fused-ring (bicyclic) bond motifs is 1. The van der Waals surface area contributed by atoms with E-state index in [-0.39, 0.29) is 22.0 Å². The molecule has 2 aromatic heterocycles. The number of aryl methyl sites for hydroxylation is 1. The molecule has 2 atom stereocenters. The number of anilines is 1. The molecule has 216 valence electrons. The number of nitrogens with zero attached hydrogens (tertiary/aromatic N) is 2. The second-order valence-corrected chi connectivity index (χ2v) is 10.6. The van der Waals surface area contributed by atoms with Crippen molar-refractivity contribution in [2.45, 2.75) is 31.6 Å². The summed E-state index contributed by atoms with van der Waals surface area (Å²) in [7, 11) is 1.68. The molecule has 2 amide bonds. The second-order valence-electron chi connectivity index (χ2n) is 9.40. The number of alkyl halides is 3. The molecule has 1 aromatic carbocycles. The minimum atomic E-state index is -4.73. The molecule has 14 heteroatoms. The van der Waals surface area contributed by atoms with E-state index < -0.39 is 35.4 Å². The van der Waals surface area contributed by atoms with Crippen molar-refractivity contribution < 1.29 is 27.2 Å². The number of carbonyl (C=O) groups is 2. The van der Waals surface area contributed by atoms with Crippen molar-refractivity contribution in [2.24, 2.45) is 12.8 Å². The summed E-state index contributed by atoms with van der Waals surface area (Å²) in [6.07, 6.45) is 1.05. The van der Waals surface area contributed by atoms with Crippen LogP contribution in [0.1, 0.15) is 18.1 Å². The molecule has 8 nitrogen and oxygen atoms in total. The molecule has 0 saturated heterocycles. The van der Waals surface area contributed by atoms with E-state index in [0.717, 1.165) is 6.92 Å². The van der Waals surface area contributed by atoms with Crippen molar-refractivity contribution in [3.05, 3.63) is 81.6 Å². The molecule has 0 saturated carbocycles. The van der Waals surface area contributed by atoms with E-state index in [1.807, 2.05) is 5.32 Å². The van der Waals surface area contributed by atoms with Crippen LogP contribution in [0.25, 0.3) is 22.2 Å². The Morgan fingerprint density at radius 3 is 2.63 bits per heavy atom. The molecular weight excluding hydrogens is 632 g/mol. The Bertz CT molecular complexity index is 1670. The van der Waals surface area contributed by atoms with Crippen LogP contribution in [0.15, 0.2) is 70.5 Å². The summed E-state index contributed by atoms with van der Waals surface area (Å²) in [5.74, 6) is -3.31. The number of amides is 2. The van der Waals surface area contributed by atoms with Crippen molar-refractivity contribution in [3.8, 4) is 11.3 Å². The lowest BCUT2D eigenvalue weighted by atomic mass is 9.84. The Balaban J connectivity index is 2.04. The van der Waals surface area contributed by atoms with Crippen LogP contribution in [0, 0.1) is 6.92 Å². The second kappa shape index (κ2) is 10.9. The third-order valence-electron chi connectivity index (χ3n) is 6.76. The van der Waals surface area contributed by atoms with Gasteiger partial charge in [-0.05, 0) is 53.7 Å². The lowest BCUT2D eigenvalue weighted by molar-refractivity contribution is -0.159. The first-order valence-corrected chi connectivity index (χ1v) is 13.2. The maximum Gasteiger partial charge on any atom is 0.408 e. The van der Waals surface area contributed by atoms with Crippen LogP contribution in [-0.4, -0.2) is 33.6 Å². The van der Waals surface area contributed by atoms with Crippen LogP contribution < -0.4 is 21.7 Å². The Morgan fingerprint density at radius 1 is 1.32 bits per heavy atom. The van der Waals surface area contributed by atoms with Crippen LogP contribution >= 0.6 is 27.5 Å². The van der Waals surface area contributed by atoms with Crippen LogP contribution in [0.3, 0.4) is 0 Å². The van der Waals surface area contributed by atoms with Crippen LogP contribution in [0.2, 0.25) is 0 Å². The minimum absolute atomic E-state index is 0.0333. The number of nitrogens with two attached hydrogens (primary N) is 1. The van der Waals surface area contributed by atoms with Crippen molar-refractivity contribution in [2.75, 3.05) is 5.32 Å². The SMILES string of the molecule is C=C(F)C(=O)Nc1cccc(-c2ncc(Br)c3c2c(C2(C(=O)N[C@H](C)C(F)(F)F)NC=CC(N)=C2Cl)cn3C)c1C. The molecule has 1 aliphatic rings. The number of carbonyl (C=O) groups excluding carboxylic acids is 2. The van der Waals surface area contributed by atoms with Gasteiger partial charge in [-0.3, -0.25) is 14.6 Å². The first-order chi connectivity index (χ1) is 19.1. The van der Waals surface area contributed by atoms with Gasteiger partial charge in [-0.1, -0.05) is 30.3 Å². The zero-order valence-electron chi connectivity index (χ0n) is 21.9. The molecule has 0 fully saturated rings. The van der Waals surface area contributed by atoms with Gasteiger partial charge in [0.25, 0.3) is 11.8 Å². The highest BCUT2D eigenvalue weighted by Gasteiger charge is 2.50. The molecule has 0 spiro atoms. The lowest BCUT2D eigenvalue weighted by Gasteiger charge is -2.36. The predicted octanol–water partition coefficient (Wildman–Crippen LogP) is 5.52. The van der Waals surface area contributed by atoms with Crippen molar-refractivity contribution >= 4 is 55.9 Å². The van der Waals surface area contributed by atoms with Gasteiger partial charge >= 0.3 is 6.18 Å². The van der Waals surface area contributed by atoms with E-state index in [1.165, 1.54) is 18.5 Å². The number of aromatic nitrogens is 2. The summed E-state index contributed by atoms with van der Waals surface area (Å²) >= 11 is 10.2. The quantitative estimate of drug-likeness (QED) is 0.206. The van der Waals surface area contributed by atoms with Gasteiger partial charge in [-0.15, -0.1) is 0 Å². The fraction of sp³-hybridized carbons (Fsp3) is 0.222. The smallest absolute Gasteiger partial charge is 0.398 e. The first kappa shape index (κ1) is 30.1. The molecule has 4 rings (SSSR count). The highest BCUT2D eigenvalue weighted by molar-refractivity contribution is 9.10. The average molecular weight is 656 g/mol. The van der Waals surface area contributed by atoms with E-state index >= 15 is 0 Å². The highest BCUT2D eigenvalue weighted by atomic mass is 79.9. The molecule has 3 heterocycles. The Hall–Kier alpha value is -3.84. The van der Waals surface area contributed by atoms with Crippen molar-refractivity contribution in [1.82, 2.24) is 20.2 Å². The predicted molar refractivity (Wildman–Crippen MR) is 152 cm³/mol. The number of dihydropyridines is 1. The Kier molecular flexibility index (Phi) is 7.98. The molecule has 1 aliphatic heterocycles. The Morgan fingerprint density at radius 2 is 2.00 bits per heavy atom. The van der Waals surface area contributed by atoms with Crippen LogP contribution in [-0.2, 0) is 22.2 Å². The maximum absolute atomic E-state index is 13.8. The fourth-order valence-corrected chi connectivity index (χ4v) is 5.47. The molecule has 5 N–H and O–H groups in total. The maximum atomic E-state index is 13.8. The van der Waals surface area contributed by atoms with Gasteiger partial charge in [0.2, 0.25) is 0 Å². The number of allylic oxidation sites excluding steroid dienone is 1. The zero-order valence-corrected chi connectivity index (χ0v) is 24.2. The number of pyridine rings is 1. The van der Waals surface area contributed by atoms with E-state index in [1.54, 1.807) is 42.9 Å². The van der Waals surface area contributed by atoms with Crippen LogP contribution in [0.4, 0.5) is 23.2 Å². The van der Waals surface area contributed by atoms with Gasteiger partial charge in [0.15, 0.2) is 11.4 Å². The van der Waals surface area contributed by atoms with Crippen molar-refractivity contribution in [3.63, 3.8) is 0 Å². The van der Waals surface area contributed by atoms with Gasteiger partial charge in [0.05, 0.1) is 26.4 Å². The topological polar surface area (TPSA) is 114 Å². The molecule has 0 radical (unpaired) electrons. The Labute approximate surface area is 245 Å². The standard InChI is InChI=1S/C27H24BrClF4N6O2/c1-12-15(6-5-7-19(12)38-24(40)13(2)30)21-20-16(11-39(4)22(20)17(28)10-35-21)26(23(29)18(34)8-9-36-26)25(41)37-14(3)27(31,32)33/h5-11,14,36H,2,34H2,1,3-4H3,(H,37,41)(H,38,40)/t14-,26?/m1/s1. The zero-order chi connectivity index (χ0) is 30.4. The monoisotopic (exact) mass is 654 g/mol. The van der Waals surface area contributed by atoms with E-state index in [4.69, 9.17) is 17.3 Å². The summed E-state index contributed by atoms with van der Waals surface area (Å²) in [5, 5.41) is 7.42. The molecule has 3 aromatic rings. The molecular formula is C27H24BrClF4N6O2. The highest BCUT2D eigenvalue weighted by Crippen LogP contribution is 2.45. The summed E-state index contributed by atoms with van der Waals surface area (Å²) in [6.45, 7) is 5.49. The van der Waals surface area contributed by atoms with E-state index in [9.17, 15) is 27.2 Å². The number of benzene rings is 1. The third-order valence-corrected chi connectivity index (χ3v) is 7.85. The van der Waals surface area contributed by atoms with Crippen LogP contribution in [0.5, 0.6) is 0 Å². The lowest BCUT2D eigenvalue weighted by Crippen LogP contribution is -2.58. The number of halogens is 6. The molecule has 1 unspecified atom stereocenters. The number of nitrogens with one attached hydrogen (secondary N) is 3. The molecule has 0 aliphatic carbocycles. The number of rotatable bonds is 6. The van der Waals surface area contributed by atoms with Gasteiger partial charge in [-0.2, -0.15) is 13.2 Å². The summed E-state index contributed by atoms with van der Waals surface area (Å²) in [4.78, 5) is 30.4. The summed E-state index contributed by atoms with van der Waals surface area (Å²) in [5.41, 5.74) is 6.24. The summed E-state index contributed by atoms with van der Waals surface area (Å²) in [6, 6.07) is 2.65. The normalized spacial score (nSPS) is 17.8. The van der Waals surface area contributed by atoms with Gasteiger partial charge in [-0.25, -0.2) is 4.39 Å². The largest absolute Gasteiger partial charge is 0.408 e. The third kappa shape index (κ3) is 5.19. The first-order valence-electron chi connectivity index (χ1n) is 12.0. The number of hydrogen-bond donors (Lipinski definition) is 4. The average Bonchev–Trinajstić information content (AvgIpc) is 3.25. The fourth-order valence-electron chi connectivity index (χ4n) is 4.59. The van der Waals surface area contributed by atoms with E-state index in [0.29, 0.717) is 32.2 Å². The van der Waals surface area contributed by atoms with Crippen molar-refractivity contribution in [1.29, 1.82) is 0 Å². The van der Waals surface area contributed by atoms with Gasteiger partial charge in [0.1, 0.15) is 6.04 Å². The molecule has 41 heavy (non-hydrogen) atoms. The van der Waals surface area contributed by atoms with E-state index in [2.05, 4.69) is 38.1 Å². The van der Waals surface area contributed by atoms with Gasteiger partial charge in [0, 0.05) is 41.6 Å². The number of hydrogen-bond acceptors (Lipinski definition) is 5. The van der Waals surface area contributed by atoms with Gasteiger partial charge < -0.3 is 26.3 Å².